The molecule has 1 aliphatic heterocycles. The quantitative estimate of drug-likeness (QED) is 0.751. The van der Waals surface area contributed by atoms with Crippen LogP contribution in [0.4, 0.5) is 5.69 Å². The normalized spacial score (nSPS) is 14.3. The maximum absolute atomic E-state index is 12.5. The zero-order valence-corrected chi connectivity index (χ0v) is 15.2. The van der Waals surface area contributed by atoms with Gasteiger partial charge in [0.1, 0.15) is 5.75 Å². The fourth-order valence-corrected chi connectivity index (χ4v) is 3.01. The van der Waals surface area contributed by atoms with Crippen molar-refractivity contribution in [3.63, 3.8) is 0 Å². The molecule has 1 amide bonds. The zero-order valence-electron chi connectivity index (χ0n) is 14.5. The van der Waals surface area contributed by atoms with Crippen molar-refractivity contribution in [1.82, 2.24) is 0 Å². The van der Waals surface area contributed by atoms with Gasteiger partial charge >= 0.3 is 5.97 Å². The number of nitrogens with zero attached hydrogens (tertiary/aromatic N) is 1. The maximum Gasteiger partial charge on any atom is 0.347 e. The largest absolute Gasteiger partial charge is 0.479 e. The number of ether oxygens (including phenoxy) is 2. The Hall–Kier alpha value is -2.53. The number of fused-ring (bicyclic) bond motifs is 1. The van der Waals surface area contributed by atoms with Crippen molar-refractivity contribution in [2.45, 2.75) is 25.9 Å². The van der Waals surface area contributed by atoms with E-state index in [0.717, 1.165) is 24.1 Å². The number of esters is 1. The number of para-hydroxylation sites is 1. The number of aryl methyl sites for hydroxylation is 1. The van der Waals surface area contributed by atoms with Gasteiger partial charge in [0.05, 0.1) is 0 Å². The van der Waals surface area contributed by atoms with Crippen molar-refractivity contribution in [2.75, 3.05) is 18.1 Å². The van der Waals surface area contributed by atoms with E-state index in [-0.39, 0.29) is 12.5 Å². The molecule has 0 radical (unpaired) electrons. The molecule has 6 heteroatoms. The minimum absolute atomic E-state index is 0.232. The fourth-order valence-electron chi connectivity index (χ4n) is 2.89. The number of halogens is 1. The highest BCUT2D eigenvalue weighted by molar-refractivity contribution is 6.30. The molecule has 0 aliphatic carbocycles. The van der Waals surface area contributed by atoms with Crippen molar-refractivity contribution in [2.24, 2.45) is 0 Å². The number of carbonyl (C=O) groups excluding carboxylic acids is 2. The number of amides is 1. The number of anilines is 1. The molecule has 2 aromatic carbocycles. The second-order valence-electron chi connectivity index (χ2n) is 6.10. The van der Waals surface area contributed by atoms with Crippen LogP contribution in [0.25, 0.3) is 0 Å². The number of carbonyl (C=O) groups is 2. The molecule has 1 aliphatic rings. The van der Waals surface area contributed by atoms with Crippen LogP contribution in [-0.4, -0.2) is 31.1 Å². The van der Waals surface area contributed by atoms with Crippen molar-refractivity contribution < 1.29 is 19.1 Å². The zero-order chi connectivity index (χ0) is 18.5. The first-order valence-corrected chi connectivity index (χ1v) is 8.89. The summed E-state index contributed by atoms with van der Waals surface area (Å²) in [5.41, 5.74) is 2.03. The maximum atomic E-state index is 12.5. The highest BCUT2D eigenvalue weighted by Gasteiger charge is 2.24. The first kappa shape index (κ1) is 18.3. The van der Waals surface area contributed by atoms with Crippen LogP contribution in [0, 0.1) is 0 Å². The van der Waals surface area contributed by atoms with E-state index in [9.17, 15) is 9.59 Å². The highest BCUT2D eigenvalue weighted by Crippen LogP contribution is 2.26. The van der Waals surface area contributed by atoms with E-state index in [1.807, 2.05) is 24.3 Å². The van der Waals surface area contributed by atoms with Gasteiger partial charge in [-0.25, -0.2) is 4.79 Å². The summed E-state index contributed by atoms with van der Waals surface area (Å²) in [4.78, 5) is 26.3. The van der Waals surface area contributed by atoms with Crippen LogP contribution >= 0.6 is 11.6 Å². The van der Waals surface area contributed by atoms with Crippen molar-refractivity contribution in [1.29, 1.82) is 0 Å². The monoisotopic (exact) mass is 373 g/mol. The Balaban J connectivity index is 1.54. The summed E-state index contributed by atoms with van der Waals surface area (Å²) >= 11 is 5.82. The lowest BCUT2D eigenvalue weighted by molar-refractivity contribution is -0.154. The Morgan fingerprint density at radius 1 is 1.15 bits per heavy atom. The number of rotatable bonds is 5. The standard InChI is InChI=1S/C20H20ClNO4/c1-14(26-17-10-8-16(21)9-11-17)20(24)25-13-19(23)22-12-4-6-15-5-2-3-7-18(15)22/h2-3,5,7-11,14H,4,6,12-13H2,1H3/t14-/m0/s1. The van der Waals surface area contributed by atoms with E-state index in [0.29, 0.717) is 17.3 Å². The van der Waals surface area contributed by atoms with Gasteiger partial charge in [0.25, 0.3) is 5.91 Å². The van der Waals surface area contributed by atoms with Gasteiger partial charge in [-0.3, -0.25) is 4.79 Å². The van der Waals surface area contributed by atoms with E-state index in [2.05, 4.69) is 0 Å². The third-order valence-electron chi connectivity index (χ3n) is 4.21. The summed E-state index contributed by atoms with van der Waals surface area (Å²) in [7, 11) is 0. The van der Waals surface area contributed by atoms with Crippen molar-refractivity contribution in [3.05, 3.63) is 59.1 Å². The van der Waals surface area contributed by atoms with Crippen LogP contribution in [0.15, 0.2) is 48.5 Å². The molecule has 5 nitrogen and oxygen atoms in total. The van der Waals surface area contributed by atoms with Gasteiger partial charge in [0.15, 0.2) is 12.7 Å². The lowest BCUT2D eigenvalue weighted by atomic mass is 10.0. The first-order chi connectivity index (χ1) is 12.5. The molecule has 0 saturated carbocycles. The fraction of sp³-hybridized carbons (Fsp3) is 0.300. The Morgan fingerprint density at radius 3 is 2.65 bits per heavy atom. The predicted octanol–water partition coefficient (Wildman–Crippen LogP) is 3.63. The van der Waals surface area contributed by atoms with E-state index in [4.69, 9.17) is 21.1 Å². The predicted molar refractivity (Wildman–Crippen MR) is 99.6 cm³/mol. The second kappa shape index (κ2) is 8.23. The third-order valence-corrected chi connectivity index (χ3v) is 4.46. The minimum atomic E-state index is -0.822. The van der Waals surface area contributed by atoms with E-state index in [1.165, 1.54) is 0 Å². The van der Waals surface area contributed by atoms with Crippen LogP contribution < -0.4 is 9.64 Å². The Kier molecular flexibility index (Phi) is 5.78. The van der Waals surface area contributed by atoms with Gasteiger partial charge in [-0.05, 0) is 55.7 Å². The smallest absolute Gasteiger partial charge is 0.347 e. The third kappa shape index (κ3) is 4.35. The molecule has 0 saturated heterocycles. The van der Waals surface area contributed by atoms with Crippen LogP contribution in [0.5, 0.6) is 5.75 Å². The molecule has 3 rings (SSSR count). The molecule has 0 spiro atoms. The first-order valence-electron chi connectivity index (χ1n) is 8.52. The summed E-state index contributed by atoms with van der Waals surface area (Å²) in [6, 6.07) is 14.5. The molecule has 0 N–H and O–H groups in total. The molecule has 0 aromatic heterocycles. The number of benzene rings is 2. The van der Waals surface area contributed by atoms with Gasteiger partial charge in [0, 0.05) is 17.3 Å². The van der Waals surface area contributed by atoms with Gasteiger partial charge < -0.3 is 14.4 Å². The number of hydrogen-bond donors (Lipinski definition) is 0. The molecule has 2 aromatic rings. The van der Waals surface area contributed by atoms with Gasteiger partial charge in [-0.1, -0.05) is 29.8 Å². The minimum Gasteiger partial charge on any atom is -0.479 e. The summed E-state index contributed by atoms with van der Waals surface area (Å²) in [5.74, 6) is -0.307. The molecular formula is C20H20ClNO4. The molecule has 0 bridgehead atoms. The summed E-state index contributed by atoms with van der Waals surface area (Å²) in [5, 5.41) is 0.583. The van der Waals surface area contributed by atoms with Crippen LogP contribution in [0.1, 0.15) is 18.9 Å². The Bertz CT molecular complexity index is 791. The Morgan fingerprint density at radius 2 is 1.88 bits per heavy atom. The molecular weight excluding hydrogens is 354 g/mol. The topological polar surface area (TPSA) is 55.8 Å². The summed E-state index contributed by atoms with van der Waals surface area (Å²) in [6.07, 6.45) is 1.02. The Labute approximate surface area is 157 Å². The second-order valence-corrected chi connectivity index (χ2v) is 6.54. The summed E-state index contributed by atoms with van der Waals surface area (Å²) < 4.78 is 10.7. The molecule has 0 fully saturated rings. The van der Waals surface area contributed by atoms with Crippen LogP contribution in [0.2, 0.25) is 5.02 Å². The average molecular weight is 374 g/mol. The van der Waals surface area contributed by atoms with Gasteiger partial charge in [0.2, 0.25) is 0 Å². The average Bonchev–Trinajstić information content (AvgIpc) is 2.67. The molecule has 1 heterocycles. The lowest BCUT2D eigenvalue weighted by Gasteiger charge is -2.29. The molecule has 26 heavy (non-hydrogen) atoms. The van der Waals surface area contributed by atoms with Gasteiger partial charge in [-0.15, -0.1) is 0 Å². The molecule has 1 atom stereocenters. The highest BCUT2D eigenvalue weighted by atomic mass is 35.5. The van der Waals surface area contributed by atoms with Crippen molar-refractivity contribution >= 4 is 29.2 Å². The molecule has 0 unspecified atom stereocenters. The number of hydrogen-bond acceptors (Lipinski definition) is 4. The molecule has 136 valence electrons. The van der Waals surface area contributed by atoms with E-state index in [1.54, 1.807) is 36.1 Å². The van der Waals surface area contributed by atoms with E-state index < -0.39 is 12.1 Å². The SMILES string of the molecule is C[C@H](Oc1ccc(Cl)cc1)C(=O)OCC(=O)N1CCCc2ccccc21. The van der Waals surface area contributed by atoms with Gasteiger partial charge in [-0.2, -0.15) is 0 Å². The summed E-state index contributed by atoms with van der Waals surface area (Å²) in [6.45, 7) is 1.91. The van der Waals surface area contributed by atoms with Crippen LogP contribution in [0.3, 0.4) is 0 Å². The van der Waals surface area contributed by atoms with Crippen LogP contribution in [-0.2, 0) is 20.7 Å². The lowest BCUT2D eigenvalue weighted by Crippen LogP contribution is -2.39. The van der Waals surface area contributed by atoms with E-state index >= 15 is 0 Å². The van der Waals surface area contributed by atoms with Crippen molar-refractivity contribution in [3.8, 4) is 5.75 Å².